The summed E-state index contributed by atoms with van der Waals surface area (Å²) < 4.78 is 47.6. The van der Waals surface area contributed by atoms with Gasteiger partial charge in [0.15, 0.2) is 5.82 Å². The Bertz CT molecular complexity index is 1490. The molecule has 1 amide bonds. The average molecular weight is 545 g/mol. The van der Waals surface area contributed by atoms with Crippen molar-refractivity contribution in [2.24, 2.45) is 0 Å². The normalized spacial score (nSPS) is 17.9. The number of nitrogens with one attached hydrogen (secondary N) is 1. The first-order valence-electron chi connectivity index (χ1n) is 12.0. The molecule has 0 aliphatic heterocycles. The van der Waals surface area contributed by atoms with Crippen molar-refractivity contribution in [1.29, 1.82) is 0 Å². The highest BCUT2D eigenvalue weighted by molar-refractivity contribution is 6.30. The van der Waals surface area contributed by atoms with Crippen LogP contribution in [0, 0.1) is 0 Å². The quantitative estimate of drug-likeness (QED) is 0.343. The fraction of sp³-hybridized carbons (Fsp3) is 0.308. The van der Waals surface area contributed by atoms with Gasteiger partial charge in [0.2, 0.25) is 5.88 Å². The van der Waals surface area contributed by atoms with E-state index in [0.29, 0.717) is 5.02 Å². The maximum atomic E-state index is 13.8. The molecule has 2 unspecified atom stereocenters. The highest BCUT2D eigenvalue weighted by atomic mass is 35.5. The van der Waals surface area contributed by atoms with Gasteiger partial charge in [0.05, 0.1) is 18.4 Å². The van der Waals surface area contributed by atoms with Gasteiger partial charge in [-0.05, 0) is 55.0 Å². The van der Waals surface area contributed by atoms with E-state index in [2.05, 4.69) is 20.4 Å². The van der Waals surface area contributed by atoms with E-state index >= 15 is 0 Å². The molecule has 2 atom stereocenters. The summed E-state index contributed by atoms with van der Waals surface area (Å²) in [5.74, 6) is -0.410. The number of nitrogens with zero attached hydrogens (tertiary/aromatic N) is 4. The number of amides is 1. The number of nitrogens with two attached hydrogens (primary N) is 1. The number of alkyl halides is 3. The van der Waals surface area contributed by atoms with Gasteiger partial charge in [0, 0.05) is 22.8 Å². The van der Waals surface area contributed by atoms with Crippen LogP contribution in [0.2, 0.25) is 5.02 Å². The van der Waals surface area contributed by atoms with Crippen LogP contribution < -0.4 is 15.8 Å². The summed E-state index contributed by atoms with van der Waals surface area (Å²) in [6, 6.07) is 9.99. The smallest absolute Gasteiger partial charge is 0.418 e. The van der Waals surface area contributed by atoms with Gasteiger partial charge in [0.25, 0.3) is 5.91 Å². The summed E-state index contributed by atoms with van der Waals surface area (Å²) in [6.07, 6.45) is 1.19. The van der Waals surface area contributed by atoms with E-state index in [9.17, 15) is 18.0 Å². The largest absolute Gasteiger partial charge is 0.480 e. The SMILES string of the molecule is COc1ncc(-c2cc(C(F)(F)F)c3c(N)ncnn23)cc1C(=O)NC1CCCC(c2ccc(Cl)cc2)C1. The zero-order valence-electron chi connectivity index (χ0n) is 20.3. The van der Waals surface area contributed by atoms with Gasteiger partial charge in [0.1, 0.15) is 17.4 Å². The predicted molar refractivity (Wildman–Crippen MR) is 136 cm³/mol. The Hall–Kier alpha value is -3.86. The number of nitrogen functional groups attached to an aromatic ring is 1. The molecule has 1 saturated carbocycles. The first-order valence-corrected chi connectivity index (χ1v) is 12.3. The van der Waals surface area contributed by atoms with Crippen LogP contribution in [0.1, 0.15) is 53.1 Å². The zero-order valence-corrected chi connectivity index (χ0v) is 21.1. The lowest BCUT2D eigenvalue weighted by Crippen LogP contribution is -2.38. The van der Waals surface area contributed by atoms with Crippen LogP contribution in [0.25, 0.3) is 16.8 Å². The number of benzene rings is 1. The van der Waals surface area contributed by atoms with Crippen molar-refractivity contribution in [2.75, 3.05) is 12.8 Å². The lowest BCUT2D eigenvalue weighted by Gasteiger charge is -2.30. The van der Waals surface area contributed by atoms with Gasteiger partial charge >= 0.3 is 6.18 Å². The highest BCUT2D eigenvalue weighted by Crippen LogP contribution is 2.39. The lowest BCUT2D eigenvalue weighted by atomic mass is 9.81. The molecule has 5 rings (SSSR count). The van der Waals surface area contributed by atoms with Crippen LogP contribution >= 0.6 is 11.6 Å². The Labute approximate surface area is 221 Å². The predicted octanol–water partition coefficient (Wildman–Crippen LogP) is 5.51. The van der Waals surface area contributed by atoms with Crippen molar-refractivity contribution in [1.82, 2.24) is 24.9 Å². The second-order valence-electron chi connectivity index (χ2n) is 9.21. The van der Waals surface area contributed by atoms with Crippen LogP contribution in [0.4, 0.5) is 19.0 Å². The van der Waals surface area contributed by atoms with Crippen molar-refractivity contribution >= 4 is 28.8 Å². The summed E-state index contributed by atoms with van der Waals surface area (Å²) in [5, 5.41) is 7.69. The fourth-order valence-electron chi connectivity index (χ4n) is 5.03. The maximum Gasteiger partial charge on any atom is 0.418 e. The number of methoxy groups -OCH3 is 1. The Balaban J connectivity index is 1.45. The Morgan fingerprint density at radius 2 is 1.95 bits per heavy atom. The molecule has 3 aromatic heterocycles. The van der Waals surface area contributed by atoms with Crippen molar-refractivity contribution in [3.05, 3.63) is 70.6 Å². The number of ether oxygens (including phenoxy) is 1. The van der Waals surface area contributed by atoms with Crippen molar-refractivity contribution < 1.29 is 22.7 Å². The van der Waals surface area contributed by atoms with E-state index in [-0.39, 0.29) is 46.0 Å². The average Bonchev–Trinajstić information content (AvgIpc) is 3.31. The van der Waals surface area contributed by atoms with Crippen LogP contribution in [0.5, 0.6) is 5.88 Å². The molecular weight excluding hydrogens is 521 g/mol. The van der Waals surface area contributed by atoms with Crippen LogP contribution in [-0.4, -0.2) is 38.6 Å². The molecule has 198 valence electrons. The van der Waals surface area contributed by atoms with E-state index in [1.807, 2.05) is 24.3 Å². The van der Waals surface area contributed by atoms with Gasteiger partial charge in [-0.1, -0.05) is 30.2 Å². The monoisotopic (exact) mass is 544 g/mol. The van der Waals surface area contributed by atoms with Crippen molar-refractivity contribution in [3.63, 3.8) is 0 Å². The third kappa shape index (κ3) is 4.98. The summed E-state index contributed by atoms with van der Waals surface area (Å²) in [7, 11) is 1.37. The second-order valence-corrected chi connectivity index (χ2v) is 9.65. The van der Waals surface area contributed by atoms with Crippen molar-refractivity contribution in [2.45, 2.75) is 43.8 Å². The Kier molecular flexibility index (Phi) is 6.87. The number of rotatable bonds is 5. The van der Waals surface area contributed by atoms with Gasteiger partial charge in [-0.15, -0.1) is 0 Å². The first kappa shape index (κ1) is 25.8. The number of pyridine rings is 1. The van der Waals surface area contributed by atoms with Crippen LogP contribution in [0.3, 0.4) is 0 Å². The molecule has 0 spiro atoms. The molecular formula is C26H24ClF3N6O2. The molecule has 1 fully saturated rings. The third-order valence-corrected chi connectivity index (χ3v) is 7.08. The number of fused-ring (bicyclic) bond motifs is 1. The number of carbonyl (C=O) groups excluding carboxylic acids is 1. The summed E-state index contributed by atoms with van der Waals surface area (Å²) in [4.78, 5) is 21.3. The zero-order chi connectivity index (χ0) is 27.0. The number of hydrogen-bond donors (Lipinski definition) is 2. The summed E-state index contributed by atoms with van der Waals surface area (Å²) in [6.45, 7) is 0. The first-order chi connectivity index (χ1) is 18.2. The van der Waals surface area contributed by atoms with Gasteiger partial charge in [-0.2, -0.15) is 18.3 Å². The molecule has 8 nitrogen and oxygen atoms in total. The van der Waals surface area contributed by atoms with E-state index in [4.69, 9.17) is 22.1 Å². The number of hydrogen-bond acceptors (Lipinski definition) is 6. The standard InChI is InChI=1S/C26H24ClF3N6O2/c1-38-25-19(24(37)35-18-4-2-3-15(9-18)14-5-7-17(27)8-6-14)10-16(12-32-25)21-11-20(26(28,29)30)22-23(31)33-13-34-36(21)22/h5-8,10-13,15,18H,2-4,9H2,1H3,(H,35,37)(H2,31,33,34). The molecule has 1 aliphatic carbocycles. The molecule has 38 heavy (non-hydrogen) atoms. The lowest BCUT2D eigenvalue weighted by molar-refractivity contribution is -0.136. The number of anilines is 1. The molecule has 3 heterocycles. The third-order valence-electron chi connectivity index (χ3n) is 6.82. The minimum Gasteiger partial charge on any atom is -0.480 e. The highest BCUT2D eigenvalue weighted by Gasteiger charge is 2.37. The van der Waals surface area contributed by atoms with Gasteiger partial charge in [-0.25, -0.2) is 14.5 Å². The molecule has 1 aromatic carbocycles. The summed E-state index contributed by atoms with van der Waals surface area (Å²) in [5.41, 5.74) is 5.97. The van der Waals surface area contributed by atoms with E-state index < -0.39 is 17.6 Å². The van der Waals surface area contributed by atoms with E-state index in [1.165, 1.54) is 19.4 Å². The molecule has 1 aliphatic rings. The molecule has 3 N–H and O–H groups in total. The Morgan fingerprint density at radius 3 is 2.66 bits per heavy atom. The van der Waals surface area contributed by atoms with E-state index in [1.54, 1.807) is 0 Å². The molecule has 0 radical (unpaired) electrons. The van der Waals surface area contributed by atoms with E-state index in [0.717, 1.165) is 48.2 Å². The topological polar surface area (TPSA) is 107 Å². The molecule has 4 aromatic rings. The minimum atomic E-state index is -4.69. The molecule has 12 heteroatoms. The van der Waals surface area contributed by atoms with Crippen LogP contribution in [0.15, 0.2) is 48.9 Å². The molecule has 0 saturated heterocycles. The van der Waals surface area contributed by atoms with Crippen LogP contribution in [-0.2, 0) is 6.18 Å². The fourth-order valence-corrected chi connectivity index (χ4v) is 5.16. The molecule has 0 bridgehead atoms. The van der Waals surface area contributed by atoms with Crippen molar-refractivity contribution in [3.8, 4) is 17.1 Å². The maximum absolute atomic E-state index is 13.8. The second kappa shape index (κ2) is 10.1. The number of halogens is 4. The van der Waals surface area contributed by atoms with Gasteiger partial charge in [-0.3, -0.25) is 4.79 Å². The number of carbonyl (C=O) groups is 1. The summed E-state index contributed by atoms with van der Waals surface area (Å²) >= 11 is 6.02. The minimum absolute atomic E-state index is 0.0577. The van der Waals surface area contributed by atoms with Gasteiger partial charge < -0.3 is 15.8 Å². The number of aromatic nitrogens is 4. The Morgan fingerprint density at radius 1 is 1.18 bits per heavy atom.